The van der Waals surface area contributed by atoms with Gasteiger partial charge in [-0.3, -0.25) is 4.79 Å². The van der Waals surface area contributed by atoms with Crippen molar-refractivity contribution < 1.29 is 9.21 Å². The Balaban J connectivity index is 2.23. The van der Waals surface area contributed by atoms with E-state index in [9.17, 15) is 4.79 Å². The highest BCUT2D eigenvalue weighted by Gasteiger charge is 2.14. The van der Waals surface area contributed by atoms with E-state index in [2.05, 4.69) is 21.2 Å². The van der Waals surface area contributed by atoms with E-state index in [1.807, 2.05) is 6.07 Å². The number of carbonyl (C=O) groups is 1. The minimum atomic E-state index is -0.345. The molecule has 0 saturated heterocycles. The number of rotatable bonds is 2. The maximum absolute atomic E-state index is 11.9. The van der Waals surface area contributed by atoms with E-state index in [4.69, 9.17) is 21.3 Å². The molecule has 1 amide bonds. The van der Waals surface area contributed by atoms with Gasteiger partial charge in [-0.2, -0.15) is 5.26 Å². The molecule has 18 heavy (non-hydrogen) atoms. The summed E-state index contributed by atoms with van der Waals surface area (Å²) in [5, 5.41) is 11.6. The lowest BCUT2D eigenvalue weighted by Gasteiger charge is -2.06. The van der Waals surface area contributed by atoms with Crippen LogP contribution in [0.2, 0.25) is 5.02 Å². The summed E-state index contributed by atoms with van der Waals surface area (Å²) in [5.74, 6) is -0.345. The Morgan fingerprint density at radius 3 is 2.78 bits per heavy atom. The molecule has 1 aromatic carbocycles. The van der Waals surface area contributed by atoms with E-state index in [1.54, 1.807) is 12.1 Å². The van der Waals surface area contributed by atoms with Gasteiger partial charge in [0.2, 0.25) is 0 Å². The molecule has 4 nitrogen and oxygen atoms in total. The number of nitrogens with one attached hydrogen (secondary N) is 1. The molecular formula is C12H6BrClN2O2. The maximum atomic E-state index is 11.9. The molecule has 0 radical (unpaired) electrons. The van der Waals surface area contributed by atoms with Crippen LogP contribution in [-0.2, 0) is 0 Å². The van der Waals surface area contributed by atoms with Crippen LogP contribution in [0.5, 0.6) is 0 Å². The number of anilines is 1. The zero-order chi connectivity index (χ0) is 13.1. The van der Waals surface area contributed by atoms with Gasteiger partial charge in [-0.1, -0.05) is 11.6 Å². The first-order valence-electron chi connectivity index (χ1n) is 4.86. The summed E-state index contributed by atoms with van der Waals surface area (Å²) in [6.45, 7) is 0. The largest absolute Gasteiger partial charge is 0.457 e. The van der Waals surface area contributed by atoms with E-state index < -0.39 is 0 Å². The minimum Gasteiger partial charge on any atom is -0.457 e. The molecule has 1 N–H and O–H groups in total. The standard InChI is InChI=1S/C12H6BrClN2O2/c13-11-8(3-4-18-11)12(17)16-10-2-1-7(6-15)5-9(10)14/h1-5H,(H,16,17). The summed E-state index contributed by atoms with van der Waals surface area (Å²) in [7, 11) is 0. The van der Waals surface area contributed by atoms with Gasteiger partial charge >= 0.3 is 0 Å². The smallest absolute Gasteiger partial charge is 0.260 e. The summed E-state index contributed by atoms with van der Waals surface area (Å²) < 4.78 is 5.32. The number of hydrogen-bond donors (Lipinski definition) is 1. The molecular weight excluding hydrogens is 320 g/mol. The van der Waals surface area contributed by atoms with Crippen molar-refractivity contribution in [2.24, 2.45) is 0 Å². The number of hydrogen-bond acceptors (Lipinski definition) is 3. The average Bonchev–Trinajstić information content (AvgIpc) is 2.78. The number of halogens is 2. The van der Waals surface area contributed by atoms with Gasteiger partial charge in [0, 0.05) is 0 Å². The highest BCUT2D eigenvalue weighted by atomic mass is 79.9. The second-order valence-electron chi connectivity index (χ2n) is 3.37. The molecule has 2 aromatic rings. The fraction of sp³-hybridized carbons (Fsp3) is 0. The topological polar surface area (TPSA) is 66.0 Å². The molecule has 1 heterocycles. The molecule has 0 saturated carbocycles. The molecule has 0 aliphatic heterocycles. The molecule has 1 aromatic heterocycles. The first-order valence-corrected chi connectivity index (χ1v) is 6.03. The average molecular weight is 326 g/mol. The Hall–Kier alpha value is -1.77. The van der Waals surface area contributed by atoms with Gasteiger partial charge in [-0.05, 0) is 40.2 Å². The summed E-state index contributed by atoms with van der Waals surface area (Å²) in [6, 6.07) is 8.14. The van der Waals surface area contributed by atoms with Crippen LogP contribution in [0.1, 0.15) is 15.9 Å². The molecule has 0 aliphatic carbocycles. The van der Waals surface area contributed by atoms with Crippen molar-refractivity contribution in [3.8, 4) is 6.07 Å². The third kappa shape index (κ3) is 2.55. The number of nitrogens with zero attached hydrogens (tertiary/aromatic N) is 1. The summed E-state index contributed by atoms with van der Waals surface area (Å²) in [6.07, 6.45) is 1.40. The monoisotopic (exact) mass is 324 g/mol. The SMILES string of the molecule is N#Cc1ccc(NC(=O)c2ccoc2Br)c(Cl)c1. The fourth-order valence-corrected chi connectivity index (χ4v) is 1.98. The molecule has 0 aliphatic rings. The van der Waals surface area contributed by atoms with Gasteiger partial charge in [0.1, 0.15) is 0 Å². The number of nitriles is 1. The molecule has 0 spiro atoms. The number of carbonyl (C=O) groups excluding carboxylic acids is 1. The zero-order valence-electron chi connectivity index (χ0n) is 8.91. The summed E-state index contributed by atoms with van der Waals surface area (Å²) in [5.41, 5.74) is 1.24. The van der Waals surface area contributed by atoms with Crippen LogP contribution < -0.4 is 5.32 Å². The summed E-state index contributed by atoms with van der Waals surface area (Å²) >= 11 is 9.07. The van der Waals surface area contributed by atoms with Crippen molar-refractivity contribution in [2.45, 2.75) is 0 Å². The highest BCUT2D eigenvalue weighted by molar-refractivity contribution is 9.10. The van der Waals surface area contributed by atoms with E-state index in [0.717, 1.165) is 0 Å². The summed E-state index contributed by atoms with van der Waals surface area (Å²) in [4.78, 5) is 11.9. The van der Waals surface area contributed by atoms with Crippen LogP contribution in [0.3, 0.4) is 0 Å². The number of furan rings is 1. The Morgan fingerprint density at radius 2 is 2.22 bits per heavy atom. The normalized spacial score (nSPS) is 9.83. The van der Waals surface area contributed by atoms with Crippen molar-refractivity contribution >= 4 is 39.1 Å². The molecule has 2 rings (SSSR count). The molecule has 0 unspecified atom stereocenters. The zero-order valence-corrected chi connectivity index (χ0v) is 11.2. The Kier molecular flexibility index (Phi) is 3.70. The molecule has 6 heteroatoms. The van der Waals surface area contributed by atoms with Crippen LogP contribution in [-0.4, -0.2) is 5.91 Å². The van der Waals surface area contributed by atoms with Crippen LogP contribution in [0, 0.1) is 11.3 Å². The van der Waals surface area contributed by atoms with Crippen LogP contribution in [0.15, 0.2) is 39.6 Å². The third-order valence-electron chi connectivity index (χ3n) is 2.21. The van der Waals surface area contributed by atoms with Crippen molar-refractivity contribution in [3.05, 3.63) is 51.3 Å². The second-order valence-corrected chi connectivity index (χ2v) is 4.50. The predicted molar refractivity (Wildman–Crippen MR) is 70.5 cm³/mol. The lowest BCUT2D eigenvalue weighted by Crippen LogP contribution is -2.11. The number of benzene rings is 1. The van der Waals surface area contributed by atoms with E-state index in [-0.39, 0.29) is 5.91 Å². The fourth-order valence-electron chi connectivity index (χ4n) is 1.33. The van der Waals surface area contributed by atoms with E-state index in [0.29, 0.717) is 26.5 Å². The van der Waals surface area contributed by atoms with Crippen LogP contribution in [0.25, 0.3) is 0 Å². The van der Waals surface area contributed by atoms with E-state index >= 15 is 0 Å². The van der Waals surface area contributed by atoms with Crippen LogP contribution in [0.4, 0.5) is 5.69 Å². The van der Waals surface area contributed by atoms with Gasteiger partial charge < -0.3 is 9.73 Å². The Bertz CT molecular complexity index is 646. The lowest BCUT2D eigenvalue weighted by molar-refractivity contribution is 0.102. The van der Waals surface area contributed by atoms with Gasteiger partial charge in [0.15, 0.2) is 4.67 Å². The van der Waals surface area contributed by atoms with E-state index in [1.165, 1.54) is 18.4 Å². The molecule has 0 atom stereocenters. The second kappa shape index (κ2) is 5.25. The maximum Gasteiger partial charge on any atom is 0.260 e. The molecule has 0 bridgehead atoms. The lowest BCUT2D eigenvalue weighted by atomic mass is 10.2. The number of amides is 1. The van der Waals surface area contributed by atoms with Crippen molar-refractivity contribution in [1.29, 1.82) is 5.26 Å². The van der Waals surface area contributed by atoms with Gasteiger partial charge in [0.05, 0.1) is 34.2 Å². The predicted octanol–water partition coefficient (Wildman–Crippen LogP) is 3.82. The quantitative estimate of drug-likeness (QED) is 0.912. The Morgan fingerprint density at radius 1 is 1.44 bits per heavy atom. The third-order valence-corrected chi connectivity index (χ3v) is 3.14. The Labute approximate surface area is 116 Å². The first kappa shape index (κ1) is 12.7. The van der Waals surface area contributed by atoms with Crippen molar-refractivity contribution in [3.63, 3.8) is 0 Å². The minimum absolute atomic E-state index is 0.307. The first-order chi connectivity index (χ1) is 8.61. The molecule has 90 valence electrons. The van der Waals surface area contributed by atoms with Crippen molar-refractivity contribution in [2.75, 3.05) is 5.32 Å². The van der Waals surface area contributed by atoms with Gasteiger partial charge in [-0.25, -0.2) is 0 Å². The van der Waals surface area contributed by atoms with Crippen LogP contribution >= 0.6 is 27.5 Å². The molecule has 0 fully saturated rings. The highest BCUT2D eigenvalue weighted by Crippen LogP contribution is 2.25. The van der Waals surface area contributed by atoms with Gasteiger partial charge in [0.25, 0.3) is 5.91 Å². The van der Waals surface area contributed by atoms with Crippen molar-refractivity contribution in [1.82, 2.24) is 0 Å². The van der Waals surface area contributed by atoms with Gasteiger partial charge in [-0.15, -0.1) is 0 Å².